The second-order valence-corrected chi connectivity index (χ2v) is 9.57. The number of fused-ring (bicyclic) bond motifs is 1. The van der Waals surface area contributed by atoms with E-state index in [9.17, 15) is 14.0 Å². The number of hydrogen-bond acceptors (Lipinski definition) is 6. The highest BCUT2D eigenvalue weighted by Gasteiger charge is 2.16. The summed E-state index contributed by atoms with van der Waals surface area (Å²) in [6.07, 6.45) is 1.61. The molecule has 4 aromatic heterocycles. The van der Waals surface area contributed by atoms with E-state index < -0.39 is 0 Å². The lowest BCUT2D eigenvalue weighted by Crippen LogP contribution is -2.23. The van der Waals surface area contributed by atoms with E-state index in [-0.39, 0.29) is 30.2 Å². The van der Waals surface area contributed by atoms with E-state index in [0.29, 0.717) is 15.3 Å². The fourth-order valence-corrected chi connectivity index (χ4v) is 5.37. The van der Waals surface area contributed by atoms with Gasteiger partial charge in [-0.05, 0) is 55.6 Å². The molecule has 0 fully saturated rings. The van der Waals surface area contributed by atoms with Gasteiger partial charge in [0.2, 0.25) is 5.91 Å². The van der Waals surface area contributed by atoms with Gasteiger partial charge in [0.15, 0.2) is 5.13 Å². The molecule has 0 radical (unpaired) electrons. The maximum atomic E-state index is 13.3. The number of nitrogens with one attached hydrogen (secondary N) is 1. The number of benzene rings is 1. The first kappa shape index (κ1) is 22.2. The number of halogens is 1. The van der Waals surface area contributed by atoms with Crippen LogP contribution in [-0.4, -0.2) is 25.0 Å². The number of anilines is 1. The van der Waals surface area contributed by atoms with Crippen molar-refractivity contribution >= 4 is 43.9 Å². The second kappa shape index (κ2) is 8.96. The highest BCUT2D eigenvalue weighted by Crippen LogP contribution is 2.31. The molecule has 1 amide bonds. The monoisotopic (exact) mass is 493 g/mol. The predicted octanol–water partition coefficient (Wildman–Crippen LogP) is 5.16. The number of aromatic nitrogens is 4. The number of nitrogens with zero attached hydrogens (tertiary/aromatic N) is 4. The van der Waals surface area contributed by atoms with Crippen molar-refractivity contribution in [2.24, 2.45) is 0 Å². The average Bonchev–Trinajstić information content (AvgIpc) is 3.54. The van der Waals surface area contributed by atoms with Crippen molar-refractivity contribution in [3.63, 3.8) is 0 Å². The molecule has 0 aliphatic carbocycles. The van der Waals surface area contributed by atoms with Crippen molar-refractivity contribution < 1.29 is 9.18 Å². The van der Waals surface area contributed by atoms with Crippen LogP contribution in [0.3, 0.4) is 0 Å². The van der Waals surface area contributed by atoms with E-state index >= 15 is 0 Å². The molecular formula is C24H20FN5O2S2. The van der Waals surface area contributed by atoms with Crippen molar-refractivity contribution in [1.29, 1.82) is 0 Å². The molecule has 0 saturated carbocycles. The van der Waals surface area contributed by atoms with Crippen molar-refractivity contribution in [2.75, 3.05) is 5.32 Å². The van der Waals surface area contributed by atoms with Gasteiger partial charge >= 0.3 is 0 Å². The number of thiazole rings is 1. The summed E-state index contributed by atoms with van der Waals surface area (Å²) >= 11 is 2.75. The van der Waals surface area contributed by atoms with Gasteiger partial charge in [-0.3, -0.25) is 14.2 Å². The largest absolute Gasteiger partial charge is 0.318 e. The van der Waals surface area contributed by atoms with Crippen molar-refractivity contribution in [3.05, 3.63) is 81.0 Å². The molecule has 0 saturated heterocycles. The Kier molecular flexibility index (Phi) is 5.84. The number of hydrogen-bond donors (Lipinski definition) is 1. The molecule has 0 aliphatic rings. The van der Waals surface area contributed by atoms with Crippen LogP contribution in [0.1, 0.15) is 17.8 Å². The molecule has 34 heavy (non-hydrogen) atoms. The molecule has 172 valence electrons. The summed E-state index contributed by atoms with van der Waals surface area (Å²) in [7, 11) is 0. The lowest BCUT2D eigenvalue weighted by Gasteiger charge is -2.09. The molecule has 0 unspecified atom stereocenters. The van der Waals surface area contributed by atoms with E-state index in [1.807, 2.05) is 35.2 Å². The number of aryl methyl sites for hydroxylation is 2. The number of amides is 1. The van der Waals surface area contributed by atoms with Crippen LogP contribution >= 0.6 is 22.7 Å². The van der Waals surface area contributed by atoms with Crippen LogP contribution in [0.4, 0.5) is 9.52 Å². The summed E-state index contributed by atoms with van der Waals surface area (Å²) in [6.45, 7) is 4.21. The van der Waals surface area contributed by atoms with E-state index in [1.54, 1.807) is 18.2 Å². The normalized spacial score (nSPS) is 11.3. The Morgan fingerprint density at radius 2 is 1.94 bits per heavy atom. The maximum absolute atomic E-state index is 13.3. The highest BCUT2D eigenvalue weighted by atomic mass is 32.1. The van der Waals surface area contributed by atoms with Gasteiger partial charge in [0.05, 0.1) is 17.4 Å². The van der Waals surface area contributed by atoms with Crippen LogP contribution in [0, 0.1) is 19.7 Å². The first-order valence-electron chi connectivity index (χ1n) is 10.5. The number of rotatable bonds is 6. The summed E-state index contributed by atoms with van der Waals surface area (Å²) in [5.41, 5.74) is 4.40. The van der Waals surface area contributed by atoms with Gasteiger partial charge in [-0.25, -0.2) is 14.4 Å². The average molecular weight is 494 g/mol. The molecule has 1 N–H and O–H groups in total. The Morgan fingerprint density at radius 3 is 2.74 bits per heavy atom. The van der Waals surface area contributed by atoms with E-state index in [4.69, 9.17) is 0 Å². The molecular weight excluding hydrogens is 473 g/mol. The molecule has 1 aromatic carbocycles. The third-order valence-electron chi connectivity index (χ3n) is 5.57. The Balaban J connectivity index is 1.29. The first-order chi connectivity index (χ1) is 16.4. The Labute approximate surface area is 202 Å². The van der Waals surface area contributed by atoms with E-state index in [0.717, 1.165) is 28.3 Å². The number of carbonyl (C=O) groups is 1. The zero-order valence-electron chi connectivity index (χ0n) is 18.4. The fourth-order valence-electron chi connectivity index (χ4n) is 3.92. The molecule has 7 nitrogen and oxygen atoms in total. The minimum Gasteiger partial charge on any atom is -0.318 e. The molecule has 0 spiro atoms. The van der Waals surface area contributed by atoms with Gasteiger partial charge in [-0.2, -0.15) is 0 Å². The smallest absolute Gasteiger partial charge is 0.262 e. The minimum absolute atomic E-state index is 0.130. The molecule has 0 bridgehead atoms. The van der Waals surface area contributed by atoms with Gasteiger partial charge in [0.1, 0.15) is 10.6 Å². The molecule has 10 heteroatoms. The maximum Gasteiger partial charge on any atom is 0.262 e. The third kappa shape index (κ3) is 4.17. The summed E-state index contributed by atoms with van der Waals surface area (Å²) in [5.74, 6) is -0.505. The zero-order chi connectivity index (χ0) is 23.8. The Hall–Kier alpha value is -3.63. The first-order valence-corrected chi connectivity index (χ1v) is 12.3. The molecule has 0 aliphatic heterocycles. The molecule has 4 heterocycles. The van der Waals surface area contributed by atoms with Crippen molar-refractivity contribution in [2.45, 2.75) is 26.8 Å². The standard InChI is InChI=1S/C24H20FN5O2S2/c1-14-11-19(15(2)30(14)17-5-3-16(25)4-6-17)20-12-34-24(27-20)28-21(31)7-9-29-13-26-22-18(23(29)32)8-10-33-22/h3-6,8,10-13H,7,9H2,1-2H3,(H,27,28,31). The quantitative estimate of drug-likeness (QED) is 0.354. The van der Waals surface area contributed by atoms with Crippen LogP contribution in [0.5, 0.6) is 0 Å². The number of carbonyl (C=O) groups excluding carboxylic acids is 1. The van der Waals surface area contributed by atoms with Gasteiger partial charge in [-0.1, -0.05) is 0 Å². The Morgan fingerprint density at radius 1 is 1.15 bits per heavy atom. The second-order valence-electron chi connectivity index (χ2n) is 7.82. The van der Waals surface area contributed by atoms with Gasteiger partial charge in [0, 0.05) is 41.0 Å². The lowest BCUT2D eigenvalue weighted by atomic mass is 10.2. The summed E-state index contributed by atoms with van der Waals surface area (Å²) < 4.78 is 16.8. The topological polar surface area (TPSA) is 81.8 Å². The lowest BCUT2D eigenvalue weighted by molar-refractivity contribution is -0.116. The molecule has 5 rings (SSSR count). The van der Waals surface area contributed by atoms with Gasteiger partial charge < -0.3 is 9.88 Å². The zero-order valence-corrected chi connectivity index (χ0v) is 20.0. The van der Waals surface area contributed by atoms with Crippen molar-refractivity contribution in [1.82, 2.24) is 19.1 Å². The minimum atomic E-state index is -0.278. The van der Waals surface area contributed by atoms with Crippen LogP contribution < -0.4 is 10.9 Å². The Bertz CT molecular complexity index is 1560. The third-order valence-corrected chi connectivity index (χ3v) is 7.15. The molecule has 0 atom stereocenters. The van der Waals surface area contributed by atoms with E-state index in [1.165, 1.54) is 45.7 Å². The number of thiophene rings is 1. The van der Waals surface area contributed by atoms with Crippen LogP contribution in [-0.2, 0) is 11.3 Å². The van der Waals surface area contributed by atoms with Crippen molar-refractivity contribution in [3.8, 4) is 16.9 Å². The highest BCUT2D eigenvalue weighted by molar-refractivity contribution is 7.16. The van der Waals surface area contributed by atoms with Gasteiger partial charge in [-0.15, -0.1) is 22.7 Å². The predicted molar refractivity (Wildman–Crippen MR) is 133 cm³/mol. The van der Waals surface area contributed by atoms with Crippen LogP contribution in [0.2, 0.25) is 0 Å². The van der Waals surface area contributed by atoms with Gasteiger partial charge in [0.25, 0.3) is 5.56 Å². The molecule has 5 aromatic rings. The summed E-state index contributed by atoms with van der Waals surface area (Å²) in [5, 5.41) is 7.60. The van der Waals surface area contributed by atoms with E-state index in [2.05, 4.69) is 15.3 Å². The summed E-state index contributed by atoms with van der Waals surface area (Å²) in [4.78, 5) is 34.5. The summed E-state index contributed by atoms with van der Waals surface area (Å²) in [6, 6.07) is 10.1. The SMILES string of the molecule is Cc1cc(-c2csc(NC(=O)CCn3cnc4sccc4c3=O)n2)c(C)n1-c1ccc(F)cc1. The van der Waals surface area contributed by atoms with Crippen LogP contribution in [0.15, 0.2) is 58.3 Å². The van der Waals surface area contributed by atoms with Crippen LogP contribution in [0.25, 0.3) is 27.2 Å². The fraction of sp³-hybridized carbons (Fsp3) is 0.167.